The van der Waals surface area contributed by atoms with E-state index in [2.05, 4.69) is 24.4 Å². The molecule has 2 aromatic heterocycles. The van der Waals surface area contributed by atoms with Crippen molar-refractivity contribution in [2.75, 3.05) is 12.1 Å². The molecular formula is C29H24N2O3S2. The SMILES string of the molecule is Cc1ccc(C(=O)Nc2sc(Cc3ccc4c(c3)OCO4)c(C)c2-c2nc3ccccc3s2)cc1C. The number of amides is 1. The summed E-state index contributed by atoms with van der Waals surface area (Å²) in [6.45, 7) is 6.45. The molecule has 0 spiro atoms. The van der Waals surface area contributed by atoms with Crippen molar-refractivity contribution in [2.24, 2.45) is 0 Å². The highest BCUT2D eigenvalue weighted by molar-refractivity contribution is 7.23. The first-order valence-corrected chi connectivity index (χ1v) is 13.3. The number of thiophene rings is 1. The molecule has 0 unspecified atom stereocenters. The van der Waals surface area contributed by atoms with Crippen LogP contribution in [0.4, 0.5) is 5.00 Å². The molecule has 6 rings (SSSR count). The zero-order valence-electron chi connectivity index (χ0n) is 20.2. The topological polar surface area (TPSA) is 60.5 Å². The Morgan fingerprint density at radius 2 is 1.78 bits per heavy atom. The number of nitrogens with zero attached hydrogens (tertiary/aromatic N) is 1. The number of thiazole rings is 1. The van der Waals surface area contributed by atoms with Gasteiger partial charge in [-0.15, -0.1) is 22.7 Å². The highest BCUT2D eigenvalue weighted by Crippen LogP contribution is 2.44. The first-order chi connectivity index (χ1) is 17.5. The number of nitrogens with one attached hydrogen (secondary N) is 1. The van der Waals surface area contributed by atoms with Crippen LogP contribution < -0.4 is 14.8 Å². The van der Waals surface area contributed by atoms with E-state index in [0.29, 0.717) is 5.56 Å². The van der Waals surface area contributed by atoms with Gasteiger partial charge in [0.05, 0.1) is 10.2 Å². The van der Waals surface area contributed by atoms with Crippen molar-refractivity contribution in [3.05, 3.63) is 93.4 Å². The number of para-hydroxylation sites is 1. The molecule has 3 aromatic carbocycles. The smallest absolute Gasteiger partial charge is 0.256 e. The predicted octanol–water partition coefficient (Wildman–Crippen LogP) is 7.52. The van der Waals surface area contributed by atoms with E-state index in [0.717, 1.165) is 60.4 Å². The molecule has 1 amide bonds. The number of fused-ring (bicyclic) bond motifs is 2. The number of aromatic nitrogens is 1. The van der Waals surface area contributed by atoms with Gasteiger partial charge >= 0.3 is 0 Å². The average molecular weight is 513 g/mol. The van der Waals surface area contributed by atoms with E-state index >= 15 is 0 Å². The van der Waals surface area contributed by atoms with E-state index in [4.69, 9.17) is 14.5 Å². The molecular weight excluding hydrogens is 488 g/mol. The Bertz CT molecular complexity index is 1600. The van der Waals surface area contributed by atoms with Gasteiger partial charge in [0.2, 0.25) is 6.79 Å². The van der Waals surface area contributed by atoms with E-state index in [9.17, 15) is 4.79 Å². The molecule has 5 aromatic rings. The Balaban J connectivity index is 1.40. The molecule has 3 heterocycles. The second-order valence-corrected chi connectivity index (χ2v) is 11.1. The summed E-state index contributed by atoms with van der Waals surface area (Å²) in [4.78, 5) is 19.4. The predicted molar refractivity (Wildman–Crippen MR) is 147 cm³/mol. The summed E-state index contributed by atoms with van der Waals surface area (Å²) in [6, 6.07) is 20.0. The van der Waals surface area contributed by atoms with Crippen molar-refractivity contribution in [1.29, 1.82) is 0 Å². The molecule has 0 atom stereocenters. The summed E-state index contributed by atoms with van der Waals surface area (Å²) in [5.41, 5.74) is 7.14. The second kappa shape index (κ2) is 9.08. The van der Waals surface area contributed by atoms with Gasteiger partial charge in [-0.05, 0) is 79.4 Å². The van der Waals surface area contributed by atoms with E-state index < -0.39 is 0 Å². The van der Waals surface area contributed by atoms with Gasteiger partial charge in [-0.2, -0.15) is 0 Å². The van der Waals surface area contributed by atoms with Crippen LogP contribution in [0.2, 0.25) is 0 Å². The fourth-order valence-corrected chi connectivity index (χ4v) is 6.72. The number of aryl methyl sites for hydroxylation is 2. The maximum Gasteiger partial charge on any atom is 0.256 e. The number of hydrogen-bond donors (Lipinski definition) is 1. The lowest BCUT2D eigenvalue weighted by molar-refractivity contribution is 0.102. The molecule has 5 nitrogen and oxygen atoms in total. The van der Waals surface area contributed by atoms with Crippen molar-refractivity contribution >= 4 is 43.8 Å². The molecule has 0 bridgehead atoms. The Hall–Kier alpha value is -3.68. The largest absolute Gasteiger partial charge is 0.454 e. The van der Waals surface area contributed by atoms with Crippen molar-refractivity contribution in [1.82, 2.24) is 4.98 Å². The molecule has 180 valence electrons. The first-order valence-electron chi connectivity index (χ1n) is 11.7. The molecule has 0 saturated heterocycles. The van der Waals surface area contributed by atoms with Gasteiger partial charge in [0, 0.05) is 22.4 Å². The normalized spacial score (nSPS) is 12.3. The lowest BCUT2D eigenvalue weighted by Gasteiger charge is -2.07. The second-order valence-electron chi connectivity index (χ2n) is 8.96. The Morgan fingerprint density at radius 1 is 0.944 bits per heavy atom. The van der Waals surface area contributed by atoms with Crippen molar-refractivity contribution < 1.29 is 14.3 Å². The minimum absolute atomic E-state index is 0.114. The van der Waals surface area contributed by atoms with Gasteiger partial charge < -0.3 is 14.8 Å². The Kier molecular flexibility index (Phi) is 5.74. The van der Waals surface area contributed by atoms with E-state index in [1.54, 1.807) is 22.7 Å². The fraction of sp³-hybridized carbons (Fsp3) is 0.172. The van der Waals surface area contributed by atoms with Crippen LogP contribution in [0.25, 0.3) is 20.8 Å². The molecule has 1 aliphatic rings. The summed E-state index contributed by atoms with van der Waals surface area (Å²) in [7, 11) is 0. The minimum Gasteiger partial charge on any atom is -0.454 e. The van der Waals surface area contributed by atoms with Gasteiger partial charge in [0.1, 0.15) is 10.0 Å². The molecule has 0 radical (unpaired) electrons. The lowest BCUT2D eigenvalue weighted by atomic mass is 10.0. The third-order valence-electron chi connectivity index (χ3n) is 6.55. The van der Waals surface area contributed by atoms with Gasteiger partial charge in [-0.1, -0.05) is 24.3 Å². The highest BCUT2D eigenvalue weighted by Gasteiger charge is 2.23. The summed E-state index contributed by atoms with van der Waals surface area (Å²) in [5.74, 6) is 1.44. The third-order valence-corrected chi connectivity index (χ3v) is 8.81. The molecule has 1 aliphatic heterocycles. The Labute approximate surface area is 217 Å². The minimum atomic E-state index is -0.114. The van der Waals surface area contributed by atoms with Crippen LogP contribution in [0.3, 0.4) is 0 Å². The van der Waals surface area contributed by atoms with Crippen molar-refractivity contribution in [3.63, 3.8) is 0 Å². The summed E-state index contributed by atoms with van der Waals surface area (Å²) >= 11 is 3.26. The number of anilines is 1. The molecule has 0 saturated carbocycles. The zero-order chi connectivity index (χ0) is 24.8. The number of carbonyl (C=O) groups is 1. The maximum atomic E-state index is 13.3. The Morgan fingerprint density at radius 3 is 2.61 bits per heavy atom. The van der Waals surface area contributed by atoms with Crippen LogP contribution >= 0.6 is 22.7 Å². The molecule has 0 fully saturated rings. The summed E-state index contributed by atoms with van der Waals surface area (Å²) < 4.78 is 12.2. The van der Waals surface area contributed by atoms with Crippen LogP contribution in [0.1, 0.15) is 37.5 Å². The maximum absolute atomic E-state index is 13.3. The quantitative estimate of drug-likeness (QED) is 0.265. The van der Waals surface area contributed by atoms with Crippen LogP contribution in [0, 0.1) is 20.8 Å². The molecule has 7 heteroatoms. The number of ether oxygens (including phenoxy) is 2. The number of carbonyl (C=O) groups excluding carboxylic acids is 1. The highest BCUT2D eigenvalue weighted by atomic mass is 32.1. The van der Waals surface area contributed by atoms with E-state index in [1.165, 1.54) is 10.4 Å². The first kappa shape index (κ1) is 22.8. The van der Waals surface area contributed by atoms with Crippen LogP contribution in [0.5, 0.6) is 11.5 Å². The zero-order valence-corrected chi connectivity index (χ0v) is 21.8. The van der Waals surface area contributed by atoms with Gasteiger partial charge in [-0.3, -0.25) is 4.79 Å². The number of hydrogen-bond acceptors (Lipinski definition) is 6. The summed E-state index contributed by atoms with van der Waals surface area (Å²) in [5, 5.41) is 4.95. The molecule has 36 heavy (non-hydrogen) atoms. The van der Waals surface area contributed by atoms with Gasteiger partial charge in [0.25, 0.3) is 5.91 Å². The third kappa shape index (κ3) is 4.14. The van der Waals surface area contributed by atoms with E-state index in [1.807, 2.05) is 62.4 Å². The van der Waals surface area contributed by atoms with Crippen LogP contribution in [0.15, 0.2) is 60.7 Å². The standard InChI is InChI=1S/C29H24N2O3S2/c1-16-8-10-20(12-17(16)2)27(32)31-29-26(28-30-21-6-4-5-7-24(21)35-28)18(3)25(36-29)14-19-9-11-22-23(13-19)34-15-33-22/h4-13H,14-15H2,1-3H3,(H,31,32). The number of benzene rings is 3. The van der Waals surface area contributed by atoms with Gasteiger partial charge in [0.15, 0.2) is 11.5 Å². The average Bonchev–Trinajstić information content (AvgIpc) is 3.58. The number of rotatable bonds is 5. The molecule has 1 N–H and O–H groups in total. The van der Waals surface area contributed by atoms with Crippen LogP contribution in [-0.4, -0.2) is 17.7 Å². The lowest BCUT2D eigenvalue weighted by Crippen LogP contribution is -2.12. The van der Waals surface area contributed by atoms with Gasteiger partial charge in [-0.25, -0.2) is 4.98 Å². The monoisotopic (exact) mass is 512 g/mol. The molecule has 0 aliphatic carbocycles. The van der Waals surface area contributed by atoms with E-state index in [-0.39, 0.29) is 12.7 Å². The summed E-state index contributed by atoms with van der Waals surface area (Å²) in [6.07, 6.45) is 0.727. The van der Waals surface area contributed by atoms with Crippen molar-refractivity contribution in [2.45, 2.75) is 27.2 Å². The van der Waals surface area contributed by atoms with Crippen LogP contribution in [-0.2, 0) is 6.42 Å². The van der Waals surface area contributed by atoms with Crippen molar-refractivity contribution in [3.8, 4) is 22.1 Å². The fourth-order valence-electron chi connectivity index (χ4n) is 4.35.